The molecule has 2 atom stereocenters. The zero-order chi connectivity index (χ0) is 35.3. The van der Waals surface area contributed by atoms with Crippen LogP contribution in [0.2, 0.25) is 0 Å². The lowest BCUT2D eigenvalue weighted by Gasteiger charge is -2.50. The van der Waals surface area contributed by atoms with E-state index in [2.05, 4.69) is 52.8 Å². The van der Waals surface area contributed by atoms with Gasteiger partial charge in [0.1, 0.15) is 5.60 Å². The number of rotatable bonds is 16. The van der Waals surface area contributed by atoms with Crippen molar-refractivity contribution in [1.82, 2.24) is 0 Å². The van der Waals surface area contributed by atoms with Gasteiger partial charge in [0.2, 0.25) is 0 Å². The van der Waals surface area contributed by atoms with Gasteiger partial charge in [-0.25, -0.2) is 4.31 Å². The first-order valence-electron chi connectivity index (χ1n) is 16.0. The quantitative estimate of drug-likeness (QED) is 0.0767. The first kappa shape index (κ1) is 42.9. The molecule has 0 radical (unpaired) electrons. The Balaban J connectivity index is 0.00000135. The van der Waals surface area contributed by atoms with Gasteiger partial charge >= 0.3 is 17.2 Å². The lowest BCUT2D eigenvalue weighted by molar-refractivity contribution is -0.197. The third-order valence-electron chi connectivity index (χ3n) is 8.57. The number of aliphatic hydroxyl groups is 4. The highest BCUT2D eigenvalue weighted by molar-refractivity contribution is 7.53. The SMILES string of the molecule is CCCCCCCCC(O)(c1ccccc1)C(CO)(CO)C(O)c1c(C(C)(C)C)cc(CN)cc1C(C)(C)C.OP(O)OP(O)O. The van der Waals surface area contributed by atoms with Gasteiger partial charge in [0.25, 0.3) is 0 Å². The maximum Gasteiger partial charge on any atom is 0.334 e. The third-order valence-corrected chi connectivity index (χ3v) is 9.73. The van der Waals surface area contributed by atoms with Gasteiger partial charge in [-0.3, -0.25) is 0 Å². The van der Waals surface area contributed by atoms with Crippen molar-refractivity contribution in [3.8, 4) is 0 Å². The van der Waals surface area contributed by atoms with E-state index in [9.17, 15) is 20.4 Å². The van der Waals surface area contributed by atoms with Crippen LogP contribution in [-0.4, -0.2) is 53.2 Å². The van der Waals surface area contributed by atoms with E-state index < -0.39 is 47.5 Å². The maximum atomic E-state index is 12.6. The highest BCUT2D eigenvalue weighted by Gasteiger charge is 2.56. The van der Waals surface area contributed by atoms with E-state index in [-0.39, 0.29) is 10.8 Å². The Bertz CT molecular complexity index is 1110. The van der Waals surface area contributed by atoms with Gasteiger partial charge in [0.05, 0.1) is 24.7 Å². The molecule has 46 heavy (non-hydrogen) atoms. The van der Waals surface area contributed by atoms with Crippen LogP contribution in [0.4, 0.5) is 0 Å². The van der Waals surface area contributed by atoms with Crippen LogP contribution < -0.4 is 5.73 Å². The zero-order valence-electron chi connectivity index (χ0n) is 28.6. The second kappa shape index (κ2) is 19.2. The molecule has 0 bridgehead atoms. The Kier molecular flexibility index (Phi) is 17.9. The van der Waals surface area contributed by atoms with Crippen molar-refractivity contribution in [2.24, 2.45) is 11.1 Å². The summed E-state index contributed by atoms with van der Waals surface area (Å²) >= 11 is 0. The first-order valence-corrected chi connectivity index (χ1v) is 18.3. The topological polar surface area (TPSA) is 197 Å². The molecular formula is C34H59NO9P2. The van der Waals surface area contributed by atoms with Crippen molar-refractivity contribution in [2.45, 2.75) is 122 Å². The van der Waals surface area contributed by atoms with Crippen LogP contribution in [0.15, 0.2) is 42.5 Å². The zero-order valence-corrected chi connectivity index (χ0v) is 30.4. The molecule has 10 N–H and O–H groups in total. The number of unbranched alkanes of at least 4 members (excludes halogenated alkanes) is 5. The van der Waals surface area contributed by atoms with Crippen molar-refractivity contribution in [1.29, 1.82) is 0 Å². The molecule has 2 unspecified atom stereocenters. The molecule has 0 fully saturated rings. The Morgan fingerprint density at radius 3 is 1.59 bits per heavy atom. The Labute approximate surface area is 278 Å². The molecule has 12 heteroatoms. The monoisotopic (exact) mass is 687 g/mol. The van der Waals surface area contributed by atoms with E-state index in [1.165, 1.54) is 6.42 Å². The summed E-state index contributed by atoms with van der Waals surface area (Å²) in [5.41, 5.74) is 6.09. The van der Waals surface area contributed by atoms with E-state index in [0.29, 0.717) is 30.5 Å². The van der Waals surface area contributed by atoms with Crippen molar-refractivity contribution in [2.75, 3.05) is 13.2 Å². The molecule has 2 rings (SSSR count). The van der Waals surface area contributed by atoms with Crippen LogP contribution in [-0.2, 0) is 27.3 Å². The van der Waals surface area contributed by atoms with Gasteiger partial charge < -0.3 is 45.7 Å². The first-order chi connectivity index (χ1) is 21.4. The summed E-state index contributed by atoms with van der Waals surface area (Å²) in [5.74, 6) is 0. The van der Waals surface area contributed by atoms with Gasteiger partial charge in [0, 0.05) is 6.54 Å². The normalized spacial score (nSPS) is 14.7. The van der Waals surface area contributed by atoms with Gasteiger partial charge in [-0.1, -0.05) is 129 Å². The molecule has 2 aromatic rings. The number of nitrogens with two attached hydrogens (primary N) is 1. The van der Waals surface area contributed by atoms with Crippen molar-refractivity contribution in [3.05, 3.63) is 70.3 Å². The molecular weight excluding hydrogens is 628 g/mol. The van der Waals surface area contributed by atoms with Gasteiger partial charge in [-0.2, -0.15) is 0 Å². The summed E-state index contributed by atoms with van der Waals surface area (Å²) in [6, 6.07) is 13.3. The molecule has 10 nitrogen and oxygen atoms in total. The molecule has 0 saturated carbocycles. The molecule has 264 valence electrons. The lowest BCUT2D eigenvalue weighted by Crippen LogP contribution is -2.55. The Morgan fingerprint density at radius 1 is 0.761 bits per heavy atom. The van der Waals surface area contributed by atoms with Gasteiger partial charge in [-0.15, -0.1) is 0 Å². The van der Waals surface area contributed by atoms with Crippen LogP contribution in [0, 0.1) is 5.41 Å². The molecule has 0 aliphatic heterocycles. The molecule has 0 aliphatic carbocycles. The minimum Gasteiger partial charge on any atom is -0.395 e. The maximum absolute atomic E-state index is 12.6. The van der Waals surface area contributed by atoms with Crippen LogP contribution in [0.25, 0.3) is 0 Å². The summed E-state index contributed by atoms with van der Waals surface area (Å²) < 4.78 is 3.60. The predicted octanol–water partition coefficient (Wildman–Crippen LogP) is 5.81. The van der Waals surface area contributed by atoms with E-state index in [0.717, 1.165) is 42.4 Å². The van der Waals surface area contributed by atoms with Crippen LogP contribution in [0.3, 0.4) is 0 Å². The number of aliphatic hydroxyl groups excluding tert-OH is 3. The van der Waals surface area contributed by atoms with Crippen LogP contribution >= 0.6 is 17.2 Å². The summed E-state index contributed by atoms with van der Waals surface area (Å²) in [7, 11) is -5.22. The van der Waals surface area contributed by atoms with Crippen molar-refractivity contribution >= 4 is 17.2 Å². The Hall–Kier alpha value is -1.10. The molecule has 2 aromatic carbocycles. The molecule has 0 aromatic heterocycles. The van der Waals surface area contributed by atoms with Crippen molar-refractivity contribution < 1.29 is 44.3 Å². The van der Waals surface area contributed by atoms with Crippen LogP contribution in [0.1, 0.15) is 127 Å². The predicted molar refractivity (Wildman–Crippen MR) is 185 cm³/mol. The molecule has 0 spiro atoms. The standard InChI is InChI=1S/C34H55NO4.H4O5P2/c1-8-9-10-11-12-16-19-34(39,26-17-14-13-15-18-26)33(23-36,24-37)30(38)29-27(31(2,3)4)20-25(22-35)21-28(29)32(5,6)7;1-6(2)5-7(3)4/h13-15,17-18,20-21,30,36-39H,8-12,16,19,22-24,35H2,1-7H3;1-4H. The van der Waals surface area contributed by atoms with E-state index in [4.69, 9.17) is 25.3 Å². The summed E-state index contributed by atoms with van der Waals surface area (Å²) in [4.78, 5) is 31.3. The molecule has 0 aliphatic rings. The second-order valence-corrected chi connectivity index (χ2v) is 15.7. The van der Waals surface area contributed by atoms with Crippen LogP contribution in [0.5, 0.6) is 0 Å². The second-order valence-electron chi connectivity index (χ2n) is 14.0. The fourth-order valence-electron chi connectivity index (χ4n) is 5.97. The Morgan fingerprint density at radius 2 is 1.22 bits per heavy atom. The van der Waals surface area contributed by atoms with E-state index in [1.54, 1.807) is 0 Å². The molecule has 0 heterocycles. The minimum absolute atomic E-state index is 0.317. The summed E-state index contributed by atoms with van der Waals surface area (Å²) in [5, 5.41) is 47.2. The average Bonchev–Trinajstić information content (AvgIpc) is 2.98. The van der Waals surface area contributed by atoms with Gasteiger partial charge in [0.15, 0.2) is 0 Å². The minimum atomic E-state index is -2.61. The third kappa shape index (κ3) is 11.5. The largest absolute Gasteiger partial charge is 0.395 e. The molecule has 0 saturated heterocycles. The fourth-order valence-corrected chi connectivity index (χ4v) is 6.50. The molecule has 0 amide bonds. The smallest absolute Gasteiger partial charge is 0.334 e. The van der Waals surface area contributed by atoms with E-state index >= 15 is 0 Å². The summed E-state index contributed by atoms with van der Waals surface area (Å²) in [6.07, 6.45) is 5.18. The highest BCUT2D eigenvalue weighted by Crippen LogP contribution is 2.54. The van der Waals surface area contributed by atoms with Gasteiger partial charge in [-0.05, 0) is 45.1 Å². The fraction of sp³-hybridized carbons (Fsp3) is 0.647. The number of benzene rings is 2. The van der Waals surface area contributed by atoms with E-state index in [1.807, 2.05) is 42.5 Å². The lowest BCUT2D eigenvalue weighted by atomic mass is 9.60. The van der Waals surface area contributed by atoms with Crippen molar-refractivity contribution in [3.63, 3.8) is 0 Å². The highest BCUT2D eigenvalue weighted by atomic mass is 31.2. The average molecular weight is 688 g/mol. The number of hydrogen-bond acceptors (Lipinski definition) is 10. The summed E-state index contributed by atoms with van der Waals surface area (Å²) in [6.45, 7) is 13.9. The number of hydrogen-bond donors (Lipinski definition) is 9.